The smallest absolute Gasteiger partial charge is 0.335 e. The first kappa shape index (κ1) is 10.5. The fraction of sp³-hybridized carbons (Fsp3) is 0.182. The van der Waals surface area contributed by atoms with Gasteiger partial charge in [-0.05, 0) is 24.1 Å². The van der Waals surface area contributed by atoms with Crippen LogP contribution in [0, 0.1) is 6.92 Å². The lowest BCUT2D eigenvalue weighted by Gasteiger charge is -2.01. The molecule has 1 aromatic rings. The third kappa shape index (κ3) is 2.44. The van der Waals surface area contributed by atoms with Gasteiger partial charge in [0.15, 0.2) is 0 Å². The summed E-state index contributed by atoms with van der Waals surface area (Å²) < 4.78 is 0. The molecule has 3 N–H and O–H groups in total. The third-order valence-corrected chi connectivity index (χ3v) is 1.94. The first-order valence-electron chi connectivity index (χ1n) is 4.35. The largest absolute Gasteiger partial charge is 0.478 e. The molecule has 0 aliphatic carbocycles. The molecule has 1 aromatic carbocycles. The van der Waals surface area contributed by atoms with Gasteiger partial charge in [-0.3, -0.25) is 0 Å². The highest BCUT2D eigenvalue weighted by atomic mass is 16.4. The molecule has 0 unspecified atom stereocenters. The molecule has 0 saturated heterocycles. The predicted octanol–water partition coefficient (Wildman–Crippen LogP) is 1.67. The highest BCUT2D eigenvalue weighted by molar-refractivity contribution is 5.90. The van der Waals surface area contributed by atoms with Gasteiger partial charge in [0.1, 0.15) is 0 Å². The van der Waals surface area contributed by atoms with Crippen molar-refractivity contribution in [2.75, 3.05) is 6.54 Å². The van der Waals surface area contributed by atoms with E-state index in [0.29, 0.717) is 12.1 Å². The van der Waals surface area contributed by atoms with Crippen LogP contribution < -0.4 is 5.73 Å². The van der Waals surface area contributed by atoms with E-state index >= 15 is 0 Å². The van der Waals surface area contributed by atoms with Crippen LogP contribution in [-0.2, 0) is 0 Å². The van der Waals surface area contributed by atoms with Gasteiger partial charge in [-0.25, -0.2) is 4.79 Å². The minimum absolute atomic E-state index is 0.337. The molecule has 0 saturated carbocycles. The van der Waals surface area contributed by atoms with Crippen molar-refractivity contribution in [2.45, 2.75) is 6.92 Å². The molecule has 0 fully saturated rings. The van der Waals surface area contributed by atoms with E-state index in [4.69, 9.17) is 10.8 Å². The summed E-state index contributed by atoms with van der Waals surface area (Å²) >= 11 is 0. The Labute approximate surface area is 82.9 Å². The van der Waals surface area contributed by atoms with Gasteiger partial charge in [-0.1, -0.05) is 24.3 Å². The van der Waals surface area contributed by atoms with Crippen molar-refractivity contribution in [1.29, 1.82) is 0 Å². The maximum atomic E-state index is 10.8. The number of aryl methyl sites for hydroxylation is 1. The van der Waals surface area contributed by atoms with E-state index in [0.717, 1.165) is 11.1 Å². The monoisotopic (exact) mass is 191 g/mol. The molecular formula is C11H13NO2. The van der Waals surface area contributed by atoms with Gasteiger partial charge in [-0.15, -0.1) is 0 Å². The van der Waals surface area contributed by atoms with Crippen molar-refractivity contribution in [3.63, 3.8) is 0 Å². The average Bonchev–Trinajstić information content (AvgIpc) is 2.16. The molecule has 0 atom stereocenters. The summed E-state index contributed by atoms with van der Waals surface area (Å²) in [6, 6.07) is 5.30. The summed E-state index contributed by atoms with van der Waals surface area (Å²) in [7, 11) is 0. The first-order chi connectivity index (χ1) is 6.65. The van der Waals surface area contributed by atoms with E-state index in [9.17, 15) is 4.79 Å². The fourth-order valence-corrected chi connectivity index (χ4v) is 1.18. The number of hydrogen-bond acceptors (Lipinski definition) is 2. The van der Waals surface area contributed by atoms with Crippen LogP contribution in [-0.4, -0.2) is 17.6 Å². The number of carbonyl (C=O) groups is 1. The Bertz CT molecular complexity index is 370. The van der Waals surface area contributed by atoms with E-state index in [1.807, 2.05) is 12.1 Å². The lowest BCUT2D eigenvalue weighted by atomic mass is 10.0. The minimum atomic E-state index is -0.898. The molecule has 3 heteroatoms. The molecule has 0 bridgehead atoms. The third-order valence-electron chi connectivity index (χ3n) is 1.94. The van der Waals surface area contributed by atoms with Crippen LogP contribution in [0.3, 0.4) is 0 Å². The Balaban J connectivity index is 3.06. The highest BCUT2D eigenvalue weighted by Gasteiger charge is 2.05. The number of carboxylic acid groups (broad SMARTS) is 1. The van der Waals surface area contributed by atoms with Gasteiger partial charge < -0.3 is 10.8 Å². The van der Waals surface area contributed by atoms with E-state index in [1.54, 1.807) is 25.1 Å². The number of carboxylic acids is 1. The standard InChI is InChI=1S/C11H13NO2/c1-8-4-5-9(3-2-6-12)7-10(8)11(13)14/h2-5,7H,6,12H2,1H3,(H,13,14)/b3-2+. The Morgan fingerprint density at radius 2 is 2.29 bits per heavy atom. The Hall–Kier alpha value is -1.61. The molecule has 1 rings (SSSR count). The molecule has 3 nitrogen and oxygen atoms in total. The van der Waals surface area contributed by atoms with Gasteiger partial charge in [0.2, 0.25) is 0 Å². The predicted molar refractivity (Wildman–Crippen MR) is 56.2 cm³/mol. The summed E-state index contributed by atoms with van der Waals surface area (Å²) in [6.07, 6.45) is 3.60. The van der Waals surface area contributed by atoms with Gasteiger partial charge in [0.05, 0.1) is 5.56 Å². The van der Waals surface area contributed by atoms with Crippen molar-refractivity contribution in [2.24, 2.45) is 5.73 Å². The van der Waals surface area contributed by atoms with E-state index in [-0.39, 0.29) is 0 Å². The molecule has 0 heterocycles. The molecule has 14 heavy (non-hydrogen) atoms. The van der Waals surface area contributed by atoms with Crippen LogP contribution in [0.5, 0.6) is 0 Å². The first-order valence-corrected chi connectivity index (χ1v) is 4.35. The summed E-state index contributed by atoms with van der Waals surface area (Å²) in [4.78, 5) is 10.8. The van der Waals surface area contributed by atoms with Crippen molar-refractivity contribution in [3.05, 3.63) is 41.0 Å². The molecule has 0 radical (unpaired) electrons. The zero-order valence-electron chi connectivity index (χ0n) is 8.03. The topological polar surface area (TPSA) is 63.3 Å². The molecule has 0 spiro atoms. The summed E-state index contributed by atoms with van der Waals surface area (Å²) in [5, 5.41) is 8.87. The number of hydrogen-bond donors (Lipinski definition) is 2. The van der Waals surface area contributed by atoms with Crippen LogP contribution >= 0.6 is 0 Å². The van der Waals surface area contributed by atoms with E-state index < -0.39 is 5.97 Å². The molecule has 0 aliphatic rings. The van der Waals surface area contributed by atoms with Gasteiger partial charge in [0.25, 0.3) is 0 Å². The molecule has 0 aromatic heterocycles. The molecule has 0 amide bonds. The van der Waals surface area contributed by atoms with Crippen molar-refractivity contribution < 1.29 is 9.90 Å². The summed E-state index contributed by atoms with van der Waals surface area (Å²) in [5.74, 6) is -0.898. The van der Waals surface area contributed by atoms with Crippen molar-refractivity contribution in [1.82, 2.24) is 0 Å². The molecular weight excluding hydrogens is 178 g/mol. The van der Waals surface area contributed by atoms with Crippen LogP contribution in [0.15, 0.2) is 24.3 Å². The Morgan fingerprint density at radius 3 is 2.86 bits per heavy atom. The maximum Gasteiger partial charge on any atom is 0.335 e. The van der Waals surface area contributed by atoms with Crippen LogP contribution in [0.2, 0.25) is 0 Å². The SMILES string of the molecule is Cc1ccc(/C=C/CN)cc1C(=O)O. The summed E-state index contributed by atoms with van der Waals surface area (Å²) in [6.45, 7) is 2.23. The Kier molecular flexibility index (Phi) is 3.42. The number of benzene rings is 1. The van der Waals surface area contributed by atoms with Gasteiger partial charge in [-0.2, -0.15) is 0 Å². The van der Waals surface area contributed by atoms with Gasteiger partial charge >= 0.3 is 5.97 Å². The maximum absolute atomic E-state index is 10.8. The Morgan fingerprint density at radius 1 is 1.57 bits per heavy atom. The minimum Gasteiger partial charge on any atom is -0.478 e. The zero-order valence-corrected chi connectivity index (χ0v) is 8.03. The molecule has 0 aliphatic heterocycles. The van der Waals surface area contributed by atoms with Crippen LogP contribution in [0.25, 0.3) is 6.08 Å². The van der Waals surface area contributed by atoms with Gasteiger partial charge in [0, 0.05) is 6.54 Å². The number of aromatic carboxylic acids is 1. The van der Waals surface area contributed by atoms with E-state index in [2.05, 4.69) is 0 Å². The second kappa shape index (κ2) is 4.58. The molecule has 74 valence electrons. The number of nitrogens with two attached hydrogens (primary N) is 1. The fourth-order valence-electron chi connectivity index (χ4n) is 1.18. The van der Waals surface area contributed by atoms with E-state index in [1.165, 1.54) is 0 Å². The lowest BCUT2D eigenvalue weighted by molar-refractivity contribution is 0.0696. The second-order valence-electron chi connectivity index (χ2n) is 3.02. The number of rotatable bonds is 3. The summed E-state index contributed by atoms with van der Waals surface area (Å²) in [5.41, 5.74) is 7.26. The lowest BCUT2D eigenvalue weighted by Crippen LogP contribution is -1.99. The average molecular weight is 191 g/mol. The second-order valence-corrected chi connectivity index (χ2v) is 3.02. The normalized spacial score (nSPS) is 10.7. The van der Waals surface area contributed by atoms with Crippen molar-refractivity contribution >= 4 is 12.0 Å². The quantitative estimate of drug-likeness (QED) is 0.763. The zero-order chi connectivity index (χ0) is 10.6. The van der Waals surface area contributed by atoms with Crippen molar-refractivity contribution in [3.8, 4) is 0 Å². The van der Waals surface area contributed by atoms with Crippen LogP contribution in [0.4, 0.5) is 0 Å². The highest BCUT2D eigenvalue weighted by Crippen LogP contribution is 2.12. The van der Waals surface area contributed by atoms with Crippen LogP contribution in [0.1, 0.15) is 21.5 Å².